The zero-order valence-electron chi connectivity index (χ0n) is 18.9. The number of methoxy groups -OCH3 is 1. The maximum atomic E-state index is 13.6. The molecule has 2 aliphatic rings. The van der Waals surface area contributed by atoms with Gasteiger partial charge in [0.25, 0.3) is 0 Å². The van der Waals surface area contributed by atoms with Gasteiger partial charge in [0.2, 0.25) is 5.91 Å². The first-order valence-electron chi connectivity index (χ1n) is 11.1. The first-order chi connectivity index (χ1) is 16.0. The van der Waals surface area contributed by atoms with Gasteiger partial charge in [0, 0.05) is 30.4 Å². The molecule has 3 N–H and O–H groups in total. The van der Waals surface area contributed by atoms with Crippen molar-refractivity contribution >= 4 is 5.91 Å². The molecule has 33 heavy (non-hydrogen) atoms. The number of hydrazine groups is 1. The van der Waals surface area contributed by atoms with Gasteiger partial charge in [-0.2, -0.15) is 0 Å². The lowest BCUT2D eigenvalue weighted by Crippen LogP contribution is -2.41. The number of rotatable bonds is 5. The molecule has 1 amide bonds. The molecule has 170 valence electrons. The van der Waals surface area contributed by atoms with E-state index in [1.807, 2.05) is 67.3 Å². The first-order valence-corrected chi connectivity index (χ1v) is 11.1. The van der Waals surface area contributed by atoms with Crippen molar-refractivity contribution < 1.29 is 14.6 Å². The standard InChI is InChI=1S/C26H28N4O3/c1-15-10-16(2)25(31)20(11-15)22-21-23(29-28-22)26(32)30(14-17-6-5-9-27-13-17)24(21)18-7-4-8-19(12-18)33-3/h4-13,21-24,28-29,31H,14H2,1-3H3. The highest BCUT2D eigenvalue weighted by Gasteiger charge is 2.55. The van der Waals surface area contributed by atoms with Crippen LogP contribution in [0.2, 0.25) is 0 Å². The second-order valence-corrected chi connectivity index (χ2v) is 8.89. The van der Waals surface area contributed by atoms with Gasteiger partial charge >= 0.3 is 0 Å². The van der Waals surface area contributed by atoms with Crippen molar-refractivity contribution in [1.82, 2.24) is 20.7 Å². The Bertz CT molecular complexity index is 1180. The predicted molar refractivity (Wildman–Crippen MR) is 124 cm³/mol. The molecule has 5 rings (SSSR count). The molecular formula is C26H28N4O3. The highest BCUT2D eigenvalue weighted by Crippen LogP contribution is 2.49. The molecule has 2 aromatic carbocycles. The number of pyridine rings is 1. The minimum Gasteiger partial charge on any atom is -0.507 e. The molecule has 0 spiro atoms. The summed E-state index contributed by atoms with van der Waals surface area (Å²) in [5.74, 6) is 0.904. The van der Waals surface area contributed by atoms with Crippen LogP contribution >= 0.6 is 0 Å². The van der Waals surface area contributed by atoms with Gasteiger partial charge in [-0.15, -0.1) is 0 Å². The Kier molecular flexibility index (Phi) is 5.52. The van der Waals surface area contributed by atoms with Crippen molar-refractivity contribution in [3.8, 4) is 11.5 Å². The summed E-state index contributed by atoms with van der Waals surface area (Å²) in [7, 11) is 1.64. The molecule has 3 aromatic rings. The molecule has 0 bridgehead atoms. The summed E-state index contributed by atoms with van der Waals surface area (Å²) in [5, 5.41) is 10.9. The topological polar surface area (TPSA) is 86.7 Å². The molecule has 7 nitrogen and oxygen atoms in total. The number of aromatic nitrogens is 1. The number of carbonyl (C=O) groups is 1. The van der Waals surface area contributed by atoms with Crippen LogP contribution in [0.1, 0.15) is 39.9 Å². The van der Waals surface area contributed by atoms with E-state index in [4.69, 9.17) is 4.74 Å². The van der Waals surface area contributed by atoms with E-state index in [0.29, 0.717) is 6.54 Å². The van der Waals surface area contributed by atoms with Crippen molar-refractivity contribution in [3.05, 3.63) is 88.7 Å². The van der Waals surface area contributed by atoms with E-state index < -0.39 is 6.04 Å². The van der Waals surface area contributed by atoms with E-state index in [-0.39, 0.29) is 29.7 Å². The molecule has 2 fully saturated rings. The van der Waals surface area contributed by atoms with Gasteiger partial charge < -0.3 is 14.7 Å². The number of carbonyl (C=O) groups excluding carboxylic acids is 1. The lowest BCUT2D eigenvalue weighted by molar-refractivity contribution is -0.131. The lowest BCUT2D eigenvalue weighted by Gasteiger charge is -2.32. The number of phenols is 1. The molecule has 3 heterocycles. The summed E-state index contributed by atoms with van der Waals surface area (Å²) in [6.45, 7) is 4.37. The number of hydrogen-bond acceptors (Lipinski definition) is 6. The highest BCUT2D eigenvalue weighted by molar-refractivity contribution is 5.86. The number of fused-ring (bicyclic) bond motifs is 1. The second kappa shape index (κ2) is 8.50. The summed E-state index contributed by atoms with van der Waals surface area (Å²) >= 11 is 0. The fourth-order valence-corrected chi connectivity index (χ4v) is 5.29. The number of aromatic hydroxyl groups is 1. The SMILES string of the molecule is COc1cccc(C2C3C(NNC3c3cc(C)cc(C)c3O)C(=O)N2Cc2cccnc2)c1. The smallest absolute Gasteiger partial charge is 0.242 e. The number of likely N-dealkylation sites (tertiary alicyclic amines) is 1. The molecule has 4 unspecified atom stereocenters. The van der Waals surface area contributed by atoms with Crippen LogP contribution in [0.3, 0.4) is 0 Å². The molecule has 7 heteroatoms. The summed E-state index contributed by atoms with van der Waals surface area (Å²) in [6.07, 6.45) is 3.52. The molecule has 0 aliphatic carbocycles. The van der Waals surface area contributed by atoms with Crippen LogP contribution in [0.15, 0.2) is 60.9 Å². The van der Waals surface area contributed by atoms with E-state index in [1.165, 1.54) is 0 Å². The Morgan fingerprint density at radius 1 is 1.09 bits per heavy atom. The van der Waals surface area contributed by atoms with Gasteiger partial charge in [-0.05, 0) is 48.7 Å². The first kappa shape index (κ1) is 21.4. The molecule has 2 aliphatic heterocycles. The number of hydrogen-bond donors (Lipinski definition) is 3. The third kappa shape index (κ3) is 3.73. The number of phenolic OH excluding ortho intramolecular Hbond substituents is 1. The third-order valence-corrected chi connectivity index (χ3v) is 6.73. The van der Waals surface area contributed by atoms with Gasteiger partial charge in [-0.3, -0.25) is 9.78 Å². The second-order valence-electron chi connectivity index (χ2n) is 8.89. The third-order valence-electron chi connectivity index (χ3n) is 6.73. The summed E-state index contributed by atoms with van der Waals surface area (Å²) in [4.78, 5) is 19.8. The van der Waals surface area contributed by atoms with Crippen molar-refractivity contribution in [2.45, 2.75) is 38.5 Å². The number of aryl methyl sites for hydroxylation is 2. The number of nitrogens with one attached hydrogen (secondary N) is 2. The Balaban J connectivity index is 1.61. The van der Waals surface area contributed by atoms with Crippen molar-refractivity contribution in [2.24, 2.45) is 5.92 Å². The van der Waals surface area contributed by atoms with Gasteiger partial charge in [0.1, 0.15) is 17.5 Å². The molecule has 2 saturated heterocycles. The number of ether oxygens (including phenoxy) is 1. The summed E-state index contributed by atoms with van der Waals surface area (Å²) in [5.41, 5.74) is 11.2. The molecule has 0 saturated carbocycles. The van der Waals surface area contributed by atoms with E-state index >= 15 is 0 Å². The largest absolute Gasteiger partial charge is 0.507 e. The van der Waals surface area contributed by atoms with Crippen molar-refractivity contribution in [1.29, 1.82) is 0 Å². The zero-order chi connectivity index (χ0) is 23.1. The molecule has 4 atom stereocenters. The van der Waals surface area contributed by atoms with E-state index in [1.54, 1.807) is 19.5 Å². The minimum atomic E-state index is -0.414. The van der Waals surface area contributed by atoms with Crippen LogP contribution in [0.25, 0.3) is 0 Å². The normalized spacial score (nSPS) is 24.2. The van der Waals surface area contributed by atoms with Crippen molar-refractivity contribution in [2.75, 3.05) is 7.11 Å². The number of benzene rings is 2. The molecule has 0 radical (unpaired) electrons. The fraction of sp³-hybridized carbons (Fsp3) is 0.308. The van der Waals surface area contributed by atoms with Crippen LogP contribution in [-0.2, 0) is 11.3 Å². The van der Waals surface area contributed by atoms with Crippen LogP contribution in [0.4, 0.5) is 0 Å². The lowest BCUT2D eigenvalue weighted by atomic mass is 9.82. The maximum Gasteiger partial charge on any atom is 0.242 e. The average molecular weight is 445 g/mol. The van der Waals surface area contributed by atoms with E-state index in [9.17, 15) is 9.90 Å². The quantitative estimate of drug-likeness (QED) is 0.560. The minimum absolute atomic E-state index is 0.0236. The molecule has 1 aromatic heterocycles. The van der Waals surface area contributed by atoms with Crippen LogP contribution in [-0.4, -0.2) is 34.0 Å². The summed E-state index contributed by atoms with van der Waals surface area (Å²) in [6, 6.07) is 14.8. The Morgan fingerprint density at radius 2 is 1.91 bits per heavy atom. The fourth-order valence-electron chi connectivity index (χ4n) is 5.29. The van der Waals surface area contributed by atoms with Gasteiger partial charge in [-0.25, -0.2) is 10.9 Å². The van der Waals surface area contributed by atoms with E-state index in [2.05, 4.69) is 15.8 Å². The highest BCUT2D eigenvalue weighted by atomic mass is 16.5. The summed E-state index contributed by atoms with van der Waals surface area (Å²) < 4.78 is 5.48. The number of amides is 1. The van der Waals surface area contributed by atoms with Crippen LogP contribution in [0.5, 0.6) is 11.5 Å². The number of nitrogens with zero attached hydrogens (tertiary/aromatic N) is 2. The Hall–Kier alpha value is -3.42. The van der Waals surface area contributed by atoms with E-state index in [0.717, 1.165) is 33.6 Å². The monoisotopic (exact) mass is 444 g/mol. The zero-order valence-corrected chi connectivity index (χ0v) is 18.9. The maximum absolute atomic E-state index is 13.6. The van der Waals surface area contributed by atoms with Crippen LogP contribution < -0.4 is 15.6 Å². The predicted octanol–water partition coefficient (Wildman–Crippen LogP) is 3.33. The Morgan fingerprint density at radius 3 is 2.67 bits per heavy atom. The van der Waals surface area contributed by atoms with Crippen LogP contribution in [0, 0.1) is 19.8 Å². The molecular weight excluding hydrogens is 416 g/mol. The Labute approximate surface area is 193 Å². The van der Waals surface area contributed by atoms with Gasteiger partial charge in [0.15, 0.2) is 0 Å². The van der Waals surface area contributed by atoms with Gasteiger partial charge in [-0.1, -0.05) is 35.9 Å². The van der Waals surface area contributed by atoms with Crippen molar-refractivity contribution in [3.63, 3.8) is 0 Å². The average Bonchev–Trinajstić information content (AvgIpc) is 3.36. The van der Waals surface area contributed by atoms with Gasteiger partial charge in [0.05, 0.1) is 19.2 Å².